The molecule has 1 aliphatic heterocycles. The maximum absolute atomic E-state index is 12.2. The first-order valence-corrected chi connectivity index (χ1v) is 9.95. The van der Waals surface area contributed by atoms with Crippen LogP contribution in [0.15, 0.2) is 57.6 Å². The molecule has 0 saturated carbocycles. The number of methoxy groups -OCH3 is 2. The summed E-state index contributed by atoms with van der Waals surface area (Å²) in [6.07, 6.45) is 3.42. The fourth-order valence-electron chi connectivity index (χ4n) is 2.67. The van der Waals surface area contributed by atoms with Crippen LogP contribution in [0.5, 0.6) is 11.5 Å². The third-order valence-electron chi connectivity index (χ3n) is 4.34. The number of nitrogens with zero attached hydrogens (tertiary/aromatic N) is 2. The van der Waals surface area contributed by atoms with Gasteiger partial charge in [-0.25, -0.2) is 0 Å². The van der Waals surface area contributed by atoms with Gasteiger partial charge in [-0.15, -0.1) is 5.10 Å². The van der Waals surface area contributed by atoms with E-state index in [0.29, 0.717) is 27.5 Å². The molecule has 1 amide bonds. The second-order valence-corrected chi connectivity index (χ2v) is 7.67. The van der Waals surface area contributed by atoms with E-state index in [0.717, 1.165) is 11.1 Å². The molecule has 1 aliphatic rings. The molecule has 2 aromatic rings. The van der Waals surface area contributed by atoms with Crippen molar-refractivity contribution >= 4 is 35.1 Å². The number of nitrogens with one attached hydrogen (secondary N) is 1. The van der Waals surface area contributed by atoms with Crippen molar-refractivity contribution in [2.24, 2.45) is 10.2 Å². The molecule has 1 fully saturated rings. The Morgan fingerprint density at radius 3 is 2.48 bits per heavy atom. The SMILES string of the molecule is COc1ccc(/C=C2/S/C(=N/N=C\c3ccc(C(C)C)cc3)NC2=O)c(OC)c1. The van der Waals surface area contributed by atoms with Crippen LogP contribution in [0.4, 0.5) is 0 Å². The van der Waals surface area contributed by atoms with Gasteiger partial charge in [-0.05, 0) is 47.0 Å². The minimum atomic E-state index is -0.219. The summed E-state index contributed by atoms with van der Waals surface area (Å²) in [7, 11) is 3.17. The normalized spacial score (nSPS) is 16.8. The van der Waals surface area contributed by atoms with Gasteiger partial charge in [-0.3, -0.25) is 10.1 Å². The Morgan fingerprint density at radius 2 is 1.83 bits per heavy atom. The van der Waals surface area contributed by atoms with Crippen LogP contribution in [0.1, 0.15) is 36.5 Å². The molecule has 1 saturated heterocycles. The number of carbonyl (C=O) groups is 1. The highest BCUT2D eigenvalue weighted by Gasteiger charge is 2.24. The number of hydrogen-bond acceptors (Lipinski definition) is 6. The minimum Gasteiger partial charge on any atom is -0.497 e. The largest absolute Gasteiger partial charge is 0.497 e. The average molecular weight is 410 g/mol. The molecule has 6 nitrogen and oxygen atoms in total. The van der Waals surface area contributed by atoms with Gasteiger partial charge in [-0.2, -0.15) is 5.10 Å². The molecular weight excluding hydrogens is 386 g/mol. The fourth-order valence-corrected chi connectivity index (χ4v) is 3.44. The van der Waals surface area contributed by atoms with Crippen molar-refractivity contribution in [3.8, 4) is 11.5 Å². The summed E-state index contributed by atoms with van der Waals surface area (Å²) in [5.74, 6) is 1.58. The number of hydrogen-bond donors (Lipinski definition) is 1. The molecule has 150 valence electrons. The second-order valence-electron chi connectivity index (χ2n) is 6.64. The van der Waals surface area contributed by atoms with Gasteiger partial charge in [0, 0.05) is 11.6 Å². The quantitative estimate of drug-likeness (QED) is 0.435. The molecular formula is C22H23N3O3S. The van der Waals surface area contributed by atoms with Gasteiger partial charge in [-0.1, -0.05) is 38.1 Å². The number of thioether (sulfide) groups is 1. The third kappa shape index (κ3) is 5.26. The highest BCUT2D eigenvalue weighted by Crippen LogP contribution is 2.31. The lowest BCUT2D eigenvalue weighted by atomic mass is 10.0. The van der Waals surface area contributed by atoms with Gasteiger partial charge >= 0.3 is 0 Å². The first-order valence-electron chi connectivity index (χ1n) is 9.14. The molecule has 0 bridgehead atoms. The van der Waals surface area contributed by atoms with E-state index in [1.165, 1.54) is 17.3 Å². The molecule has 0 atom stereocenters. The predicted octanol–water partition coefficient (Wildman–Crippen LogP) is 4.42. The number of amides is 1. The van der Waals surface area contributed by atoms with Gasteiger partial charge in [0.2, 0.25) is 0 Å². The molecule has 3 rings (SSSR count). The lowest BCUT2D eigenvalue weighted by molar-refractivity contribution is -0.115. The second kappa shape index (κ2) is 9.43. The highest BCUT2D eigenvalue weighted by atomic mass is 32.2. The number of rotatable bonds is 6. The van der Waals surface area contributed by atoms with E-state index in [4.69, 9.17) is 9.47 Å². The summed E-state index contributed by atoms with van der Waals surface area (Å²) in [6, 6.07) is 13.6. The van der Waals surface area contributed by atoms with Crippen molar-refractivity contribution in [2.45, 2.75) is 19.8 Å². The van der Waals surface area contributed by atoms with Crippen LogP contribution in [0, 0.1) is 0 Å². The zero-order valence-electron chi connectivity index (χ0n) is 16.8. The van der Waals surface area contributed by atoms with Crippen molar-refractivity contribution < 1.29 is 14.3 Å². The molecule has 0 unspecified atom stereocenters. The molecule has 2 aromatic carbocycles. The third-order valence-corrected chi connectivity index (χ3v) is 5.24. The number of ether oxygens (including phenoxy) is 2. The Hall–Kier alpha value is -3.06. The maximum Gasteiger partial charge on any atom is 0.264 e. The standard InChI is InChI=1S/C22H23N3O3S/c1-14(2)16-7-5-15(6-8-16)13-23-25-22-24-21(26)20(29-22)11-17-9-10-18(27-3)12-19(17)28-4/h5-14H,1-4H3,(H,24,25,26)/b20-11+,23-13-. The predicted molar refractivity (Wildman–Crippen MR) is 119 cm³/mol. The monoisotopic (exact) mass is 409 g/mol. The Labute approximate surface area is 174 Å². The van der Waals surface area contributed by atoms with E-state index in [1.54, 1.807) is 32.6 Å². The van der Waals surface area contributed by atoms with Crippen molar-refractivity contribution in [1.82, 2.24) is 5.32 Å². The van der Waals surface area contributed by atoms with E-state index in [1.807, 2.05) is 24.3 Å². The van der Waals surface area contributed by atoms with E-state index in [-0.39, 0.29) is 5.91 Å². The maximum atomic E-state index is 12.2. The molecule has 0 aromatic heterocycles. The van der Waals surface area contributed by atoms with Gasteiger partial charge < -0.3 is 9.47 Å². The van der Waals surface area contributed by atoms with E-state index in [2.05, 4.69) is 41.5 Å². The van der Waals surface area contributed by atoms with E-state index >= 15 is 0 Å². The number of carbonyl (C=O) groups excluding carboxylic acids is 1. The van der Waals surface area contributed by atoms with Crippen molar-refractivity contribution in [2.75, 3.05) is 14.2 Å². The zero-order chi connectivity index (χ0) is 20.8. The fraction of sp³-hybridized carbons (Fsp3) is 0.227. The molecule has 7 heteroatoms. The topological polar surface area (TPSA) is 72.3 Å². The highest BCUT2D eigenvalue weighted by molar-refractivity contribution is 8.18. The Kier molecular flexibility index (Phi) is 6.72. The molecule has 0 aliphatic carbocycles. The summed E-state index contributed by atoms with van der Waals surface area (Å²) in [5.41, 5.74) is 3.00. The summed E-state index contributed by atoms with van der Waals surface area (Å²) in [6.45, 7) is 4.31. The minimum absolute atomic E-state index is 0.219. The zero-order valence-corrected chi connectivity index (χ0v) is 17.6. The number of amidine groups is 1. The lowest BCUT2D eigenvalue weighted by Crippen LogP contribution is -2.19. The molecule has 1 heterocycles. The molecule has 29 heavy (non-hydrogen) atoms. The Bertz CT molecular complexity index is 979. The van der Waals surface area contributed by atoms with Crippen LogP contribution < -0.4 is 14.8 Å². The van der Waals surface area contributed by atoms with Crippen molar-refractivity contribution in [3.05, 3.63) is 64.1 Å². The summed E-state index contributed by atoms with van der Waals surface area (Å²) >= 11 is 1.23. The first kappa shape index (κ1) is 20.7. The van der Waals surface area contributed by atoms with Gasteiger partial charge in [0.25, 0.3) is 5.91 Å². The van der Waals surface area contributed by atoms with Crippen LogP contribution in [-0.4, -0.2) is 31.5 Å². The summed E-state index contributed by atoms with van der Waals surface area (Å²) < 4.78 is 10.6. The van der Waals surface area contributed by atoms with Crippen LogP contribution in [0.2, 0.25) is 0 Å². The van der Waals surface area contributed by atoms with Crippen molar-refractivity contribution in [1.29, 1.82) is 0 Å². The van der Waals surface area contributed by atoms with Gasteiger partial charge in [0.1, 0.15) is 11.5 Å². The van der Waals surface area contributed by atoms with E-state index < -0.39 is 0 Å². The van der Waals surface area contributed by atoms with Crippen LogP contribution in [0.25, 0.3) is 6.08 Å². The molecule has 0 spiro atoms. The number of benzene rings is 2. The Balaban J connectivity index is 1.72. The molecule has 0 radical (unpaired) electrons. The lowest BCUT2D eigenvalue weighted by Gasteiger charge is -2.07. The van der Waals surface area contributed by atoms with Crippen LogP contribution >= 0.6 is 11.8 Å². The van der Waals surface area contributed by atoms with Crippen LogP contribution in [-0.2, 0) is 4.79 Å². The van der Waals surface area contributed by atoms with Crippen LogP contribution in [0.3, 0.4) is 0 Å². The van der Waals surface area contributed by atoms with Gasteiger partial charge in [0.05, 0.1) is 25.3 Å². The first-order chi connectivity index (χ1) is 14.0. The Morgan fingerprint density at radius 1 is 1.07 bits per heavy atom. The van der Waals surface area contributed by atoms with E-state index in [9.17, 15) is 4.79 Å². The van der Waals surface area contributed by atoms with Gasteiger partial charge in [0.15, 0.2) is 5.17 Å². The summed E-state index contributed by atoms with van der Waals surface area (Å²) in [5, 5.41) is 11.4. The average Bonchev–Trinajstić information content (AvgIpc) is 3.07. The summed E-state index contributed by atoms with van der Waals surface area (Å²) in [4.78, 5) is 12.8. The molecule has 1 N–H and O–H groups in total. The smallest absolute Gasteiger partial charge is 0.264 e. The van der Waals surface area contributed by atoms with Crippen molar-refractivity contribution in [3.63, 3.8) is 0 Å².